The van der Waals surface area contributed by atoms with Crippen LogP contribution in [0.2, 0.25) is 0 Å². The lowest BCUT2D eigenvalue weighted by molar-refractivity contribution is 0.410. The van der Waals surface area contributed by atoms with Crippen LogP contribution in [0.5, 0.6) is 5.75 Å². The summed E-state index contributed by atoms with van der Waals surface area (Å²) in [4.78, 5) is 0. The average molecular weight is 324 g/mol. The topological polar surface area (TPSA) is 52.8 Å². The molecule has 0 aliphatic carbocycles. The van der Waals surface area contributed by atoms with Crippen LogP contribution < -0.4 is 4.74 Å². The van der Waals surface area contributed by atoms with Crippen molar-refractivity contribution < 1.29 is 4.74 Å². The van der Waals surface area contributed by atoms with Crippen LogP contribution in [0, 0.1) is 0 Å². The molecule has 1 heterocycles. The van der Waals surface area contributed by atoms with Crippen molar-refractivity contribution in [2.45, 2.75) is 5.16 Å². The summed E-state index contributed by atoms with van der Waals surface area (Å²) in [5.74, 6) is 1.52. The third-order valence-electron chi connectivity index (χ3n) is 3.17. The molecule has 2 aromatic carbocycles. The number of methoxy groups -OCH3 is 1. The normalized spacial score (nSPS) is 11.0. The van der Waals surface area contributed by atoms with E-state index < -0.39 is 0 Å². The van der Waals surface area contributed by atoms with E-state index in [1.54, 1.807) is 23.6 Å². The van der Waals surface area contributed by atoms with Crippen molar-refractivity contribution in [2.24, 2.45) is 0 Å². The summed E-state index contributed by atoms with van der Waals surface area (Å²) >= 11 is 1.57. The SMILES string of the molecule is COc1ccccc1-n1nnnc1SCC=Cc1ccccc1. The summed E-state index contributed by atoms with van der Waals surface area (Å²) in [5.41, 5.74) is 2.01. The number of para-hydroxylation sites is 2. The molecule has 0 unspecified atom stereocenters. The van der Waals surface area contributed by atoms with E-state index in [0.717, 1.165) is 22.3 Å². The van der Waals surface area contributed by atoms with Gasteiger partial charge in [0.1, 0.15) is 11.4 Å². The highest BCUT2D eigenvalue weighted by molar-refractivity contribution is 7.99. The first-order valence-electron chi connectivity index (χ1n) is 7.14. The van der Waals surface area contributed by atoms with Crippen molar-refractivity contribution in [3.63, 3.8) is 0 Å². The number of benzene rings is 2. The van der Waals surface area contributed by atoms with Crippen molar-refractivity contribution in [1.82, 2.24) is 20.2 Å². The van der Waals surface area contributed by atoms with Crippen LogP contribution in [0.3, 0.4) is 0 Å². The van der Waals surface area contributed by atoms with Crippen LogP contribution in [-0.4, -0.2) is 33.1 Å². The van der Waals surface area contributed by atoms with E-state index in [1.165, 1.54) is 5.56 Å². The minimum absolute atomic E-state index is 0.729. The zero-order valence-electron chi connectivity index (χ0n) is 12.7. The Labute approximate surface area is 139 Å². The van der Waals surface area contributed by atoms with Gasteiger partial charge in [0.25, 0.3) is 0 Å². The second-order valence-electron chi connectivity index (χ2n) is 4.67. The lowest BCUT2D eigenvalue weighted by Crippen LogP contribution is -2.01. The minimum atomic E-state index is 0.729. The molecule has 5 nitrogen and oxygen atoms in total. The molecule has 0 aliphatic heterocycles. The number of thioether (sulfide) groups is 1. The van der Waals surface area contributed by atoms with Gasteiger partial charge in [-0.15, -0.1) is 5.10 Å². The molecule has 6 heteroatoms. The van der Waals surface area contributed by atoms with Gasteiger partial charge in [0.05, 0.1) is 7.11 Å². The van der Waals surface area contributed by atoms with Crippen LogP contribution in [0.1, 0.15) is 5.56 Å². The number of hydrogen-bond donors (Lipinski definition) is 0. The first-order valence-corrected chi connectivity index (χ1v) is 8.13. The molecule has 0 fully saturated rings. The fraction of sp³-hybridized carbons (Fsp3) is 0.118. The second kappa shape index (κ2) is 7.60. The summed E-state index contributed by atoms with van der Waals surface area (Å²) < 4.78 is 7.06. The number of ether oxygens (including phenoxy) is 1. The predicted octanol–water partition coefficient (Wildman–Crippen LogP) is 3.48. The molecule has 0 bridgehead atoms. The number of nitrogens with zero attached hydrogens (tertiary/aromatic N) is 4. The lowest BCUT2D eigenvalue weighted by Gasteiger charge is -2.08. The number of tetrazole rings is 1. The molecule has 3 aromatic rings. The number of rotatable bonds is 6. The lowest BCUT2D eigenvalue weighted by atomic mass is 10.2. The molecule has 0 aliphatic rings. The Bertz CT molecular complexity index is 786. The predicted molar refractivity (Wildman–Crippen MR) is 91.9 cm³/mol. The monoisotopic (exact) mass is 324 g/mol. The first-order chi connectivity index (χ1) is 11.4. The van der Waals surface area contributed by atoms with E-state index in [-0.39, 0.29) is 0 Å². The Hall–Kier alpha value is -2.60. The summed E-state index contributed by atoms with van der Waals surface area (Å²) in [6, 6.07) is 17.9. The van der Waals surface area contributed by atoms with Gasteiger partial charge in [0, 0.05) is 5.75 Å². The van der Waals surface area contributed by atoms with Gasteiger partial charge in [-0.05, 0) is 28.1 Å². The number of hydrogen-bond acceptors (Lipinski definition) is 5. The fourth-order valence-electron chi connectivity index (χ4n) is 2.10. The van der Waals surface area contributed by atoms with Gasteiger partial charge in [-0.3, -0.25) is 0 Å². The van der Waals surface area contributed by atoms with Gasteiger partial charge in [-0.2, -0.15) is 4.68 Å². The van der Waals surface area contributed by atoms with E-state index >= 15 is 0 Å². The fourth-order valence-corrected chi connectivity index (χ4v) is 2.79. The zero-order chi connectivity index (χ0) is 15.9. The third kappa shape index (κ3) is 3.78. The van der Waals surface area contributed by atoms with Gasteiger partial charge in [0.2, 0.25) is 5.16 Å². The quantitative estimate of drug-likeness (QED) is 0.650. The standard InChI is InChI=1S/C17H16N4OS/c1-22-16-12-6-5-11-15(16)21-17(18-19-20-21)23-13-7-10-14-8-3-2-4-9-14/h2-12H,13H2,1H3. The van der Waals surface area contributed by atoms with Crippen molar-refractivity contribution in [3.8, 4) is 11.4 Å². The van der Waals surface area contributed by atoms with Crippen LogP contribution in [0.25, 0.3) is 11.8 Å². The summed E-state index contributed by atoms with van der Waals surface area (Å²) in [7, 11) is 1.64. The molecule has 0 saturated carbocycles. The van der Waals surface area contributed by atoms with E-state index in [2.05, 4.69) is 39.8 Å². The maximum Gasteiger partial charge on any atom is 0.214 e. The first kappa shape index (κ1) is 15.3. The third-order valence-corrected chi connectivity index (χ3v) is 4.04. The molecule has 0 radical (unpaired) electrons. The molecular weight excluding hydrogens is 308 g/mol. The van der Waals surface area contributed by atoms with Gasteiger partial charge in [-0.1, -0.05) is 66.4 Å². The molecule has 0 saturated heterocycles. The van der Waals surface area contributed by atoms with Crippen LogP contribution in [0.15, 0.2) is 65.8 Å². The summed E-state index contributed by atoms with van der Waals surface area (Å²) in [6.45, 7) is 0. The Balaban J connectivity index is 1.71. The molecular formula is C17H16N4OS. The van der Waals surface area contributed by atoms with Crippen molar-refractivity contribution in [3.05, 3.63) is 66.2 Å². The number of aromatic nitrogens is 4. The Kier molecular flexibility index (Phi) is 5.06. The molecule has 1 aromatic heterocycles. The smallest absolute Gasteiger partial charge is 0.214 e. The Morgan fingerprint density at radius 2 is 1.87 bits per heavy atom. The Morgan fingerprint density at radius 3 is 2.70 bits per heavy atom. The van der Waals surface area contributed by atoms with Gasteiger partial charge < -0.3 is 4.74 Å². The summed E-state index contributed by atoms with van der Waals surface area (Å²) in [6.07, 6.45) is 4.19. The highest BCUT2D eigenvalue weighted by Crippen LogP contribution is 2.25. The van der Waals surface area contributed by atoms with Gasteiger partial charge >= 0.3 is 0 Å². The van der Waals surface area contributed by atoms with Crippen molar-refractivity contribution in [1.29, 1.82) is 0 Å². The second-order valence-corrected chi connectivity index (χ2v) is 5.66. The van der Waals surface area contributed by atoms with Gasteiger partial charge in [0.15, 0.2) is 0 Å². The highest BCUT2D eigenvalue weighted by Gasteiger charge is 2.12. The molecule has 0 spiro atoms. The van der Waals surface area contributed by atoms with E-state index in [0.29, 0.717) is 0 Å². The van der Waals surface area contributed by atoms with Crippen molar-refractivity contribution in [2.75, 3.05) is 12.9 Å². The van der Waals surface area contributed by atoms with Crippen LogP contribution >= 0.6 is 11.8 Å². The summed E-state index contributed by atoms with van der Waals surface area (Å²) in [5, 5.41) is 12.7. The maximum absolute atomic E-state index is 5.37. The maximum atomic E-state index is 5.37. The molecule has 23 heavy (non-hydrogen) atoms. The molecule has 0 amide bonds. The zero-order valence-corrected chi connectivity index (χ0v) is 13.5. The van der Waals surface area contributed by atoms with E-state index in [1.807, 2.05) is 42.5 Å². The van der Waals surface area contributed by atoms with E-state index in [9.17, 15) is 0 Å². The van der Waals surface area contributed by atoms with Crippen molar-refractivity contribution >= 4 is 17.8 Å². The molecule has 0 atom stereocenters. The average Bonchev–Trinajstić information content (AvgIpc) is 3.08. The van der Waals surface area contributed by atoms with Gasteiger partial charge in [-0.25, -0.2) is 0 Å². The Morgan fingerprint density at radius 1 is 1.09 bits per heavy atom. The van der Waals surface area contributed by atoms with E-state index in [4.69, 9.17) is 4.74 Å². The largest absolute Gasteiger partial charge is 0.494 e. The highest BCUT2D eigenvalue weighted by atomic mass is 32.2. The molecule has 3 rings (SSSR count). The molecule has 116 valence electrons. The molecule has 0 N–H and O–H groups in total. The van der Waals surface area contributed by atoms with Crippen LogP contribution in [0.4, 0.5) is 0 Å². The minimum Gasteiger partial charge on any atom is -0.494 e. The van der Waals surface area contributed by atoms with Crippen LogP contribution in [-0.2, 0) is 0 Å².